The molecule has 2 N–H and O–H groups in total. The average Bonchev–Trinajstić information content (AvgIpc) is 2.65. The highest BCUT2D eigenvalue weighted by Crippen LogP contribution is 1.92. The Morgan fingerprint density at radius 1 is 0.852 bits per heavy atom. The molecule has 2 amide bonds. The first kappa shape index (κ1) is 26.4. The Balaban J connectivity index is 3.13. The summed E-state index contributed by atoms with van der Waals surface area (Å²) in [5.41, 5.74) is 0. The molecule has 27 heavy (non-hydrogen) atoms. The van der Waals surface area contributed by atoms with E-state index in [1.165, 1.54) is 0 Å². The van der Waals surface area contributed by atoms with Gasteiger partial charge in [-0.2, -0.15) is 12.6 Å². The second-order valence-electron chi connectivity index (χ2n) is 5.20. The van der Waals surface area contributed by atoms with E-state index in [0.29, 0.717) is 65.9 Å². The molecule has 0 saturated carbocycles. The minimum absolute atomic E-state index is 0.0429. The molecule has 0 rings (SSSR count). The highest BCUT2D eigenvalue weighted by molar-refractivity contribution is 7.93. The second-order valence-corrected chi connectivity index (χ2v) is 6.54. The lowest BCUT2D eigenvalue weighted by Gasteiger charge is -2.09. The molecule has 0 bridgehead atoms. The molecule has 0 aliphatic rings. The van der Waals surface area contributed by atoms with Gasteiger partial charge in [0, 0.05) is 19.3 Å². The zero-order valence-corrected chi connectivity index (χ0v) is 17.8. The van der Waals surface area contributed by atoms with Crippen molar-refractivity contribution in [2.75, 3.05) is 78.8 Å². The third-order valence-corrected chi connectivity index (χ3v) is 3.51. The minimum Gasteiger partial charge on any atom is -0.377 e. The van der Waals surface area contributed by atoms with Gasteiger partial charge in [-0.15, -0.1) is 0 Å². The fourth-order valence-corrected chi connectivity index (χ4v) is 1.90. The highest BCUT2D eigenvalue weighted by atomic mass is 32.2. The van der Waals surface area contributed by atoms with Crippen molar-refractivity contribution in [1.82, 2.24) is 10.6 Å². The van der Waals surface area contributed by atoms with Crippen LogP contribution in [0.4, 0.5) is 0 Å². The van der Waals surface area contributed by atoms with E-state index in [0.717, 1.165) is 12.0 Å². The van der Waals surface area contributed by atoms with Gasteiger partial charge in [0.15, 0.2) is 0 Å². The normalized spacial score (nSPS) is 12.0. The fraction of sp³-hybridized carbons (Fsp3) is 0.875. The van der Waals surface area contributed by atoms with Gasteiger partial charge in [-0.1, -0.05) is 0 Å². The Hall–Kier alpha value is -0.560. The van der Waals surface area contributed by atoms with Gasteiger partial charge in [-0.05, 0) is 19.0 Å². The van der Waals surface area contributed by atoms with Gasteiger partial charge in [0.2, 0.25) is 11.8 Å². The summed E-state index contributed by atoms with van der Waals surface area (Å²) in [6.45, 7) is 6.32. The molecule has 0 aliphatic heterocycles. The third-order valence-electron chi connectivity index (χ3n) is 2.92. The maximum absolute atomic E-state index is 11.2. The Kier molecular flexibility index (Phi) is 19.8. The van der Waals surface area contributed by atoms with E-state index in [1.807, 2.05) is 0 Å². The van der Waals surface area contributed by atoms with Gasteiger partial charge in [0.1, 0.15) is 6.61 Å². The maximum atomic E-state index is 11.2. The predicted molar refractivity (Wildman–Crippen MR) is 107 cm³/mol. The van der Waals surface area contributed by atoms with Crippen molar-refractivity contribution in [2.24, 2.45) is 0 Å². The molecule has 1 unspecified atom stereocenters. The SMILES string of the molecule is CSOCC(=O)NCCOCCOCCOCCOCCNC(=O)C(C)S. The lowest BCUT2D eigenvalue weighted by Crippen LogP contribution is -2.32. The Morgan fingerprint density at radius 2 is 1.30 bits per heavy atom. The van der Waals surface area contributed by atoms with Gasteiger partial charge in [-0.3, -0.25) is 9.59 Å². The fourth-order valence-electron chi connectivity index (χ4n) is 1.58. The lowest BCUT2D eigenvalue weighted by molar-refractivity contribution is -0.123. The summed E-state index contributed by atoms with van der Waals surface area (Å²) in [5.74, 6) is -0.271. The molecular formula is C16H32N2O7S2. The Labute approximate surface area is 171 Å². The van der Waals surface area contributed by atoms with Crippen molar-refractivity contribution in [3.8, 4) is 0 Å². The van der Waals surface area contributed by atoms with Crippen LogP contribution in [0.3, 0.4) is 0 Å². The zero-order valence-electron chi connectivity index (χ0n) is 16.1. The summed E-state index contributed by atoms with van der Waals surface area (Å²) in [5, 5.41) is 5.06. The molecule has 0 saturated heterocycles. The molecule has 0 heterocycles. The van der Waals surface area contributed by atoms with E-state index in [4.69, 9.17) is 23.1 Å². The van der Waals surface area contributed by atoms with Gasteiger partial charge in [0.05, 0.1) is 58.1 Å². The van der Waals surface area contributed by atoms with E-state index in [2.05, 4.69) is 23.3 Å². The number of amides is 2. The zero-order chi connectivity index (χ0) is 20.2. The molecule has 0 aromatic carbocycles. The molecule has 0 aliphatic carbocycles. The van der Waals surface area contributed by atoms with Crippen LogP contribution < -0.4 is 10.6 Å². The lowest BCUT2D eigenvalue weighted by atomic mass is 10.4. The number of nitrogens with one attached hydrogen (secondary N) is 2. The number of hydrogen-bond acceptors (Lipinski definition) is 9. The quantitative estimate of drug-likeness (QED) is 0.149. The summed E-state index contributed by atoms with van der Waals surface area (Å²) < 4.78 is 26.2. The minimum atomic E-state index is -0.315. The van der Waals surface area contributed by atoms with Crippen LogP contribution >= 0.6 is 24.7 Å². The number of hydrogen-bond donors (Lipinski definition) is 3. The van der Waals surface area contributed by atoms with Crippen LogP contribution in [0.2, 0.25) is 0 Å². The largest absolute Gasteiger partial charge is 0.377 e. The molecule has 9 nitrogen and oxygen atoms in total. The molecule has 11 heteroatoms. The van der Waals surface area contributed by atoms with Crippen molar-refractivity contribution < 1.29 is 32.7 Å². The van der Waals surface area contributed by atoms with E-state index in [1.54, 1.807) is 13.2 Å². The summed E-state index contributed by atoms with van der Waals surface area (Å²) in [6, 6.07) is 0. The number of carbonyl (C=O) groups is 2. The molecule has 0 aromatic heterocycles. The second kappa shape index (κ2) is 20.2. The van der Waals surface area contributed by atoms with Crippen molar-refractivity contribution in [2.45, 2.75) is 12.2 Å². The van der Waals surface area contributed by atoms with Crippen molar-refractivity contribution in [1.29, 1.82) is 0 Å². The van der Waals surface area contributed by atoms with Gasteiger partial charge >= 0.3 is 0 Å². The van der Waals surface area contributed by atoms with Crippen LogP contribution in [0, 0.1) is 0 Å². The molecule has 0 fully saturated rings. The maximum Gasteiger partial charge on any atom is 0.247 e. The van der Waals surface area contributed by atoms with Crippen LogP contribution in [0.5, 0.6) is 0 Å². The standard InChI is InChI=1S/C16H32N2O7S2/c1-14(26)16(20)18-4-6-22-8-10-24-12-11-23-9-7-21-5-3-17-15(19)13-25-27-2/h14,26H,3-13H2,1-2H3,(H,17,19)(H,18,20). The monoisotopic (exact) mass is 428 g/mol. The summed E-state index contributed by atoms with van der Waals surface area (Å²) in [6.07, 6.45) is 1.75. The van der Waals surface area contributed by atoms with Crippen molar-refractivity contribution in [3.63, 3.8) is 0 Å². The summed E-state index contributed by atoms with van der Waals surface area (Å²) >= 11 is 5.18. The van der Waals surface area contributed by atoms with Crippen LogP contribution in [-0.2, 0) is 32.7 Å². The first-order valence-corrected chi connectivity index (χ1v) is 10.4. The number of thiol groups is 1. The topological polar surface area (TPSA) is 104 Å². The average molecular weight is 429 g/mol. The Bertz CT molecular complexity index is 377. The molecule has 160 valence electrons. The highest BCUT2D eigenvalue weighted by Gasteiger charge is 2.05. The number of ether oxygens (including phenoxy) is 4. The summed E-state index contributed by atoms with van der Waals surface area (Å²) in [4.78, 5) is 22.4. The molecule has 0 radical (unpaired) electrons. The van der Waals surface area contributed by atoms with E-state index >= 15 is 0 Å². The molecular weight excluding hydrogens is 396 g/mol. The first-order valence-electron chi connectivity index (χ1n) is 8.77. The number of carbonyl (C=O) groups excluding carboxylic acids is 2. The van der Waals surface area contributed by atoms with Crippen LogP contribution in [-0.4, -0.2) is 95.9 Å². The third kappa shape index (κ3) is 20.0. The molecule has 1 atom stereocenters. The molecule has 0 spiro atoms. The van der Waals surface area contributed by atoms with E-state index < -0.39 is 0 Å². The van der Waals surface area contributed by atoms with Crippen LogP contribution in [0.1, 0.15) is 6.92 Å². The predicted octanol–water partition coefficient (Wildman–Crippen LogP) is -0.102. The molecule has 0 aromatic rings. The Morgan fingerprint density at radius 3 is 1.74 bits per heavy atom. The van der Waals surface area contributed by atoms with Crippen LogP contribution in [0.15, 0.2) is 0 Å². The van der Waals surface area contributed by atoms with Gasteiger partial charge < -0.3 is 33.8 Å². The number of rotatable bonds is 19. The van der Waals surface area contributed by atoms with E-state index in [-0.39, 0.29) is 23.7 Å². The first-order chi connectivity index (χ1) is 13.1. The van der Waals surface area contributed by atoms with Crippen molar-refractivity contribution >= 4 is 36.5 Å². The smallest absolute Gasteiger partial charge is 0.247 e. The summed E-state index contributed by atoms with van der Waals surface area (Å²) in [7, 11) is 0. The van der Waals surface area contributed by atoms with Gasteiger partial charge in [0.25, 0.3) is 0 Å². The van der Waals surface area contributed by atoms with Crippen molar-refractivity contribution in [3.05, 3.63) is 0 Å². The van der Waals surface area contributed by atoms with Gasteiger partial charge in [-0.25, -0.2) is 0 Å². The van der Waals surface area contributed by atoms with E-state index in [9.17, 15) is 9.59 Å². The van der Waals surface area contributed by atoms with Crippen LogP contribution in [0.25, 0.3) is 0 Å².